The Labute approximate surface area is 86.1 Å². The van der Waals surface area contributed by atoms with Crippen molar-refractivity contribution in [1.29, 1.82) is 0 Å². The van der Waals surface area contributed by atoms with Crippen molar-refractivity contribution in [2.75, 3.05) is 14.0 Å². The van der Waals surface area contributed by atoms with Crippen molar-refractivity contribution in [2.24, 2.45) is 0 Å². The zero-order valence-corrected chi connectivity index (χ0v) is 8.76. The van der Waals surface area contributed by atoms with Crippen molar-refractivity contribution >= 4 is 12.3 Å². The van der Waals surface area contributed by atoms with Gasteiger partial charge in [0.1, 0.15) is 0 Å². The van der Waals surface area contributed by atoms with E-state index in [2.05, 4.69) is 0 Å². The molecular formula is C11H18BN. The minimum Gasteiger partial charge on any atom is -0.344 e. The summed E-state index contributed by atoms with van der Waals surface area (Å²) in [4.78, 5) is 1.43. The summed E-state index contributed by atoms with van der Waals surface area (Å²) >= 11 is 0. The summed E-state index contributed by atoms with van der Waals surface area (Å²) in [7, 11) is 1.64. The predicted molar refractivity (Wildman–Crippen MR) is 60.9 cm³/mol. The van der Waals surface area contributed by atoms with Gasteiger partial charge < -0.3 is 4.81 Å². The summed E-state index contributed by atoms with van der Waals surface area (Å²) in [5, 5.41) is 0. The van der Waals surface area contributed by atoms with E-state index < -0.39 is 6.98 Å². The van der Waals surface area contributed by atoms with Crippen LogP contribution in [0.15, 0.2) is 18.2 Å². The molecule has 1 aromatic carbocycles. The molecule has 0 radical (unpaired) electrons. The predicted octanol–water partition coefficient (Wildman–Crippen LogP) is 1.69. The molecule has 2 heteroatoms. The maximum Gasteiger partial charge on any atom is 0.254 e. The smallest absolute Gasteiger partial charge is 0.254 e. The fourth-order valence-electron chi connectivity index (χ4n) is 1.68. The van der Waals surface area contributed by atoms with E-state index in [1.54, 1.807) is 7.05 Å². The third-order valence-corrected chi connectivity index (χ3v) is 2.54. The Bertz CT molecular complexity index is 356. The molecule has 1 nitrogen and oxygen atoms in total. The average Bonchev–Trinajstić information content (AvgIpc) is 2.14. The molecule has 0 aromatic heterocycles. The standard InChI is InChI=1S/C11H18BN/c1-9-7-6-8-10(2)11(9)12(3)13(4)5/h6-8H,1-5H3/i4D3. The number of aryl methyl sites for hydroxylation is 2. The van der Waals surface area contributed by atoms with Gasteiger partial charge in [-0.05, 0) is 27.9 Å². The Morgan fingerprint density at radius 3 is 2.31 bits per heavy atom. The molecule has 0 N–H and O–H groups in total. The first-order valence-electron chi connectivity index (χ1n) is 6.04. The molecule has 0 aliphatic carbocycles. The molecule has 1 aromatic rings. The van der Waals surface area contributed by atoms with Crippen LogP contribution in [-0.2, 0) is 0 Å². The van der Waals surface area contributed by atoms with E-state index in [1.165, 1.54) is 4.81 Å². The maximum absolute atomic E-state index is 7.42. The van der Waals surface area contributed by atoms with Crippen molar-refractivity contribution in [3.63, 3.8) is 0 Å². The highest BCUT2D eigenvalue weighted by atomic mass is 15.0. The van der Waals surface area contributed by atoms with Gasteiger partial charge in [-0.15, -0.1) is 0 Å². The molecule has 0 atom stereocenters. The molecule has 13 heavy (non-hydrogen) atoms. The summed E-state index contributed by atoms with van der Waals surface area (Å²) in [5.41, 5.74) is 3.40. The molecule has 0 aliphatic heterocycles. The minimum absolute atomic E-state index is 0.103. The van der Waals surface area contributed by atoms with E-state index in [-0.39, 0.29) is 6.85 Å². The van der Waals surface area contributed by atoms with Gasteiger partial charge in [0.25, 0.3) is 6.85 Å². The third-order valence-electron chi connectivity index (χ3n) is 2.54. The van der Waals surface area contributed by atoms with Crippen LogP contribution in [0.4, 0.5) is 0 Å². The van der Waals surface area contributed by atoms with Gasteiger partial charge in [0.2, 0.25) is 0 Å². The second kappa shape index (κ2) is 3.97. The highest BCUT2D eigenvalue weighted by Crippen LogP contribution is 2.03. The SMILES string of the molecule is [2H]C([2H])([2H])N(C)B(C)c1c(C)cccc1C. The van der Waals surface area contributed by atoms with Crippen LogP contribution >= 0.6 is 0 Å². The highest BCUT2D eigenvalue weighted by Gasteiger charge is 2.16. The van der Waals surface area contributed by atoms with E-state index in [0.29, 0.717) is 0 Å². The van der Waals surface area contributed by atoms with Crippen molar-refractivity contribution in [3.05, 3.63) is 29.3 Å². The van der Waals surface area contributed by atoms with E-state index in [0.717, 1.165) is 16.6 Å². The first-order valence-corrected chi connectivity index (χ1v) is 4.54. The zero-order valence-electron chi connectivity index (χ0n) is 11.8. The number of hydrogen-bond acceptors (Lipinski definition) is 1. The van der Waals surface area contributed by atoms with Crippen molar-refractivity contribution in [3.8, 4) is 0 Å². The molecule has 0 amide bonds. The first-order chi connectivity index (χ1) is 7.25. The summed E-state index contributed by atoms with van der Waals surface area (Å²) in [6.45, 7) is 3.82. The lowest BCUT2D eigenvalue weighted by Crippen LogP contribution is -2.43. The molecule has 1 rings (SSSR count). The molecule has 0 spiro atoms. The molecular weight excluding hydrogens is 157 g/mol. The van der Waals surface area contributed by atoms with Gasteiger partial charge in [-0.1, -0.05) is 41.6 Å². The average molecular weight is 178 g/mol. The molecule has 0 saturated carbocycles. The van der Waals surface area contributed by atoms with Gasteiger partial charge in [-0.25, -0.2) is 0 Å². The first kappa shape index (κ1) is 6.66. The van der Waals surface area contributed by atoms with Crippen LogP contribution in [-0.4, -0.2) is 25.7 Å². The lowest BCUT2D eigenvalue weighted by atomic mass is 9.54. The Morgan fingerprint density at radius 1 is 1.31 bits per heavy atom. The molecule has 0 bridgehead atoms. The Morgan fingerprint density at radius 2 is 1.85 bits per heavy atom. The highest BCUT2D eigenvalue weighted by molar-refractivity contribution is 6.70. The van der Waals surface area contributed by atoms with Crippen molar-refractivity contribution < 1.29 is 4.11 Å². The van der Waals surface area contributed by atoms with Gasteiger partial charge in [0, 0.05) is 4.11 Å². The van der Waals surface area contributed by atoms with Gasteiger partial charge in [0.15, 0.2) is 0 Å². The van der Waals surface area contributed by atoms with Gasteiger partial charge in [-0.3, -0.25) is 0 Å². The van der Waals surface area contributed by atoms with Crippen molar-refractivity contribution in [2.45, 2.75) is 20.7 Å². The van der Waals surface area contributed by atoms with Gasteiger partial charge in [0.05, 0.1) is 0 Å². The monoisotopic (exact) mass is 178 g/mol. The van der Waals surface area contributed by atoms with E-state index in [4.69, 9.17) is 4.11 Å². The second-order valence-electron chi connectivity index (χ2n) is 3.59. The lowest BCUT2D eigenvalue weighted by molar-refractivity contribution is 0.652. The number of hydrogen-bond donors (Lipinski definition) is 0. The third kappa shape index (κ3) is 2.13. The van der Waals surface area contributed by atoms with Crippen LogP contribution in [0.25, 0.3) is 0 Å². The summed E-state index contributed by atoms with van der Waals surface area (Å²) in [6, 6.07) is 6.04. The minimum atomic E-state index is -2.05. The van der Waals surface area contributed by atoms with Crippen LogP contribution in [0, 0.1) is 13.8 Å². The van der Waals surface area contributed by atoms with Crippen LogP contribution in [0.3, 0.4) is 0 Å². The van der Waals surface area contributed by atoms with Crippen LogP contribution < -0.4 is 5.46 Å². The van der Waals surface area contributed by atoms with Crippen LogP contribution in [0.1, 0.15) is 15.2 Å². The molecule has 0 unspecified atom stereocenters. The van der Waals surface area contributed by atoms with E-state index >= 15 is 0 Å². The summed E-state index contributed by atoms with van der Waals surface area (Å²) in [5.74, 6) is 0. The summed E-state index contributed by atoms with van der Waals surface area (Å²) < 4.78 is 22.3. The Balaban J connectivity index is 3.10. The topological polar surface area (TPSA) is 3.24 Å². The fraction of sp³-hybridized carbons (Fsp3) is 0.455. The van der Waals surface area contributed by atoms with Crippen LogP contribution in [0.2, 0.25) is 6.82 Å². The number of nitrogens with zero attached hydrogens (tertiary/aromatic N) is 1. The Hall–Kier alpha value is -0.755. The molecule has 70 valence electrons. The largest absolute Gasteiger partial charge is 0.344 e. The second-order valence-corrected chi connectivity index (χ2v) is 3.59. The Kier molecular flexibility index (Phi) is 2.03. The van der Waals surface area contributed by atoms with E-state index in [9.17, 15) is 0 Å². The zero-order chi connectivity index (χ0) is 12.5. The normalized spacial score (nSPS) is 15.0. The number of rotatable bonds is 2. The molecule has 0 fully saturated rings. The maximum atomic E-state index is 7.42. The lowest BCUT2D eigenvalue weighted by Gasteiger charge is -2.20. The van der Waals surface area contributed by atoms with Crippen molar-refractivity contribution in [1.82, 2.24) is 4.81 Å². The molecule has 0 heterocycles. The van der Waals surface area contributed by atoms with Gasteiger partial charge >= 0.3 is 0 Å². The molecule has 0 saturated heterocycles. The number of benzene rings is 1. The summed E-state index contributed by atoms with van der Waals surface area (Å²) in [6.07, 6.45) is 0. The fourth-order valence-corrected chi connectivity index (χ4v) is 1.68. The van der Waals surface area contributed by atoms with Gasteiger partial charge in [-0.2, -0.15) is 0 Å². The van der Waals surface area contributed by atoms with Crippen LogP contribution in [0.5, 0.6) is 0 Å². The quantitative estimate of drug-likeness (QED) is 0.623. The molecule has 0 aliphatic rings. The van der Waals surface area contributed by atoms with E-state index in [1.807, 2.05) is 38.9 Å².